The molecule has 160 valence electrons. The molecule has 7 heteroatoms. The van der Waals surface area contributed by atoms with Crippen molar-refractivity contribution in [2.45, 2.75) is 18.1 Å². The zero-order valence-electron chi connectivity index (χ0n) is 16.7. The van der Waals surface area contributed by atoms with Gasteiger partial charge in [0.1, 0.15) is 24.6 Å². The summed E-state index contributed by atoms with van der Waals surface area (Å²) in [6.07, 6.45) is -3.56. The van der Waals surface area contributed by atoms with Crippen molar-refractivity contribution in [3.8, 4) is 11.1 Å². The average molecular weight is 422 g/mol. The van der Waals surface area contributed by atoms with Crippen LogP contribution < -0.4 is 11.1 Å². The number of aliphatic hydroxyl groups excluding tert-OH is 2. The molecule has 5 N–H and O–H groups in total. The van der Waals surface area contributed by atoms with Gasteiger partial charge in [-0.1, -0.05) is 60.7 Å². The molecule has 0 bridgehead atoms. The summed E-state index contributed by atoms with van der Waals surface area (Å²) >= 11 is 0. The van der Waals surface area contributed by atoms with Gasteiger partial charge in [-0.3, -0.25) is 0 Å². The molecule has 2 unspecified atom stereocenters. The van der Waals surface area contributed by atoms with E-state index in [9.17, 15) is 19.4 Å². The molecule has 0 saturated carbocycles. The van der Waals surface area contributed by atoms with Crippen LogP contribution in [0.2, 0.25) is 0 Å². The lowest BCUT2D eigenvalue weighted by molar-refractivity contribution is 0.0188. The Morgan fingerprint density at radius 2 is 1.61 bits per heavy atom. The Balaban J connectivity index is 1.35. The zero-order valence-corrected chi connectivity index (χ0v) is 16.7. The number of halogens is 1. The van der Waals surface area contributed by atoms with Gasteiger partial charge in [0.05, 0.1) is 5.69 Å². The molecule has 2 atom stereocenters. The number of hydrogen-bond acceptors (Lipinski definition) is 5. The largest absolute Gasteiger partial charge is 0.449 e. The molecule has 3 aromatic rings. The Kier molecular flexibility index (Phi) is 5.88. The number of nitrogen functional groups attached to an aromatic ring is 1. The van der Waals surface area contributed by atoms with Crippen LogP contribution in [0.5, 0.6) is 0 Å². The predicted molar refractivity (Wildman–Crippen MR) is 115 cm³/mol. The number of carbonyl (C=O) groups is 1. The van der Waals surface area contributed by atoms with E-state index in [1.54, 1.807) is 0 Å². The minimum atomic E-state index is -1.45. The third-order valence-electron chi connectivity index (χ3n) is 5.57. The first kappa shape index (κ1) is 20.8. The summed E-state index contributed by atoms with van der Waals surface area (Å²) in [7, 11) is 0. The van der Waals surface area contributed by atoms with Crippen LogP contribution in [-0.4, -0.2) is 35.6 Å². The van der Waals surface area contributed by atoms with Crippen LogP contribution in [0, 0.1) is 5.82 Å². The highest BCUT2D eigenvalue weighted by Gasteiger charge is 2.29. The van der Waals surface area contributed by atoms with Gasteiger partial charge < -0.3 is 26.0 Å². The molecule has 3 aromatic carbocycles. The van der Waals surface area contributed by atoms with Crippen molar-refractivity contribution in [1.82, 2.24) is 5.32 Å². The van der Waals surface area contributed by atoms with Crippen LogP contribution in [0.15, 0.2) is 66.7 Å². The van der Waals surface area contributed by atoms with Crippen molar-refractivity contribution in [3.63, 3.8) is 0 Å². The fraction of sp³-hybridized carbons (Fsp3) is 0.208. The standard InChI is InChI=1S/C24H23FN2O4/c25-20-11-5-10-18(22(20)26)23(29)21(28)12-27-24(30)31-13-19-16-8-3-1-6-14(16)15-7-2-4-9-17(15)19/h1-11,19,21,23,28-29H,12-13,26H2,(H,27,30). The van der Waals surface area contributed by atoms with E-state index in [2.05, 4.69) is 5.32 Å². The first-order chi connectivity index (χ1) is 15.0. The average Bonchev–Trinajstić information content (AvgIpc) is 3.11. The van der Waals surface area contributed by atoms with Crippen molar-refractivity contribution in [3.05, 3.63) is 89.2 Å². The third kappa shape index (κ3) is 4.10. The Labute approximate surface area is 179 Å². The molecule has 0 aliphatic heterocycles. The van der Waals surface area contributed by atoms with Gasteiger partial charge in [0.2, 0.25) is 0 Å². The summed E-state index contributed by atoms with van der Waals surface area (Å²) in [4.78, 5) is 12.2. The summed E-state index contributed by atoms with van der Waals surface area (Å²) in [6.45, 7) is -0.150. The third-order valence-corrected chi connectivity index (χ3v) is 5.57. The van der Waals surface area contributed by atoms with E-state index in [1.165, 1.54) is 12.1 Å². The lowest BCUT2D eigenvalue weighted by Crippen LogP contribution is -2.36. The Bertz CT molecular complexity index is 1060. The van der Waals surface area contributed by atoms with E-state index < -0.39 is 24.1 Å². The lowest BCUT2D eigenvalue weighted by atomic mass is 9.98. The normalized spacial score (nSPS) is 14.4. The molecule has 1 aliphatic rings. The molecule has 0 radical (unpaired) electrons. The smallest absolute Gasteiger partial charge is 0.407 e. The highest BCUT2D eigenvalue weighted by molar-refractivity contribution is 5.79. The summed E-state index contributed by atoms with van der Waals surface area (Å²) in [5, 5.41) is 22.8. The van der Waals surface area contributed by atoms with Crippen LogP contribution in [-0.2, 0) is 4.74 Å². The Morgan fingerprint density at radius 1 is 1.00 bits per heavy atom. The fourth-order valence-electron chi connectivity index (χ4n) is 3.97. The maximum absolute atomic E-state index is 13.6. The SMILES string of the molecule is Nc1c(F)cccc1C(O)C(O)CNC(=O)OCC1c2ccccc2-c2ccccc21. The Hall–Kier alpha value is -3.42. The predicted octanol–water partition coefficient (Wildman–Crippen LogP) is 3.34. The maximum atomic E-state index is 13.6. The quantitative estimate of drug-likeness (QED) is 0.456. The van der Waals surface area contributed by atoms with Gasteiger partial charge in [-0.25, -0.2) is 9.18 Å². The molecule has 1 aliphatic carbocycles. The van der Waals surface area contributed by atoms with Crippen molar-refractivity contribution in [1.29, 1.82) is 0 Å². The molecule has 6 nitrogen and oxygen atoms in total. The molecule has 0 spiro atoms. The number of amides is 1. The number of nitrogens with one attached hydrogen (secondary N) is 1. The molecule has 0 aromatic heterocycles. The summed E-state index contributed by atoms with van der Waals surface area (Å²) in [6, 6.07) is 19.9. The number of carbonyl (C=O) groups excluding carboxylic acids is 1. The van der Waals surface area contributed by atoms with Gasteiger partial charge in [-0.15, -0.1) is 0 Å². The van der Waals surface area contributed by atoms with Gasteiger partial charge in [-0.2, -0.15) is 0 Å². The van der Waals surface area contributed by atoms with Crippen LogP contribution in [0.4, 0.5) is 14.9 Å². The van der Waals surface area contributed by atoms with E-state index in [1.807, 2.05) is 48.5 Å². The molecule has 0 fully saturated rings. The molecular weight excluding hydrogens is 399 g/mol. The van der Waals surface area contributed by atoms with Gasteiger partial charge in [-0.05, 0) is 28.3 Å². The summed E-state index contributed by atoms with van der Waals surface area (Å²) in [5.41, 5.74) is 9.86. The number of anilines is 1. The van der Waals surface area contributed by atoms with E-state index in [4.69, 9.17) is 10.5 Å². The van der Waals surface area contributed by atoms with Crippen molar-refractivity contribution >= 4 is 11.8 Å². The first-order valence-electron chi connectivity index (χ1n) is 9.96. The van der Waals surface area contributed by atoms with Crippen molar-refractivity contribution in [2.75, 3.05) is 18.9 Å². The summed E-state index contributed by atoms with van der Waals surface area (Å²) < 4.78 is 19.0. The summed E-state index contributed by atoms with van der Waals surface area (Å²) in [5.74, 6) is -0.769. The van der Waals surface area contributed by atoms with Crippen LogP contribution >= 0.6 is 0 Å². The van der Waals surface area contributed by atoms with Crippen LogP contribution in [0.25, 0.3) is 11.1 Å². The lowest BCUT2D eigenvalue weighted by Gasteiger charge is -2.20. The monoisotopic (exact) mass is 422 g/mol. The van der Waals surface area contributed by atoms with E-state index >= 15 is 0 Å². The van der Waals surface area contributed by atoms with Crippen LogP contribution in [0.3, 0.4) is 0 Å². The molecule has 1 amide bonds. The number of fused-ring (bicyclic) bond motifs is 3. The number of aliphatic hydroxyl groups is 2. The highest BCUT2D eigenvalue weighted by atomic mass is 19.1. The number of ether oxygens (including phenoxy) is 1. The number of alkyl carbamates (subject to hydrolysis) is 1. The fourth-order valence-corrected chi connectivity index (χ4v) is 3.97. The first-order valence-corrected chi connectivity index (χ1v) is 9.96. The number of rotatable bonds is 6. The second kappa shape index (κ2) is 8.75. The molecular formula is C24H23FN2O4. The number of nitrogens with two attached hydrogens (primary N) is 1. The number of para-hydroxylation sites is 1. The number of hydrogen-bond donors (Lipinski definition) is 4. The number of benzene rings is 3. The minimum absolute atomic E-state index is 0.0573. The molecule has 0 saturated heterocycles. The second-order valence-corrected chi connectivity index (χ2v) is 7.46. The second-order valence-electron chi connectivity index (χ2n) is 7.46. The van der Waals surface area contributed by atoms with E-state index in [0.29, 0.717) is 0 Å². The molecule has 0 heterocycles. The maximum Gasteiger partial charge on any atom is 0.407 e. The zero-order chi connectivity index (χ0) is 22.0. The topological polar surface area (TPSA) is 105 Å². The molecule has 4 rings (SSSR count). The van der Waals surface area contributed by atoms with Crippen molar-refractivity contribution in [2.24, 2.45) is 0 Å². The van der Waals surface area contributed by atoms with Crippen LogP contribution in [0.1, 0.15) is 28.7 Å². The van der Waals surface area contributed by atoms with Crippen molar-refractivity contribution < 1.29 is 24.1 Å². The minimum Gasteiger partial charge on any atom is -0.449 e. The van der Waals surface area contributed by atoms with E-state index in [0.717, 1.165) is 28.3 Å². The van der Waals surface area contributed by atoms with Gasteiger partial charge in [0, 0.05) is 18.0 Å². The van der Waals surface area contributed by atoms with E-state index in [-0.39, 0.29) is 30.3 Å². The van der Waals surface area contributed by atoms with Gasteiger partial charge >= 0.3 is 6.09 Å². The van der Waals surface area contributed by atoms with Gasteiger partial charge in [0.25, 0.3) is 0 Å². The highest BCUT2D eigenvalue weighted by Crippen LogP contribution is 2.44. The molecule has 31 heavy (non-hydrogen) atoms. The van der Waals surface area contributed by atoms with Gasteiger partial charge in [0.15, 0.2) is 0 Å². The Morgan fingerprint density at radius 3 is 2.26 bits per heavy atom.